The molecule has 0 amide bonds. The maximum Gasteiger partial charge on any atom is 0.335 e. The van der Waals surface area contributed by atoms with Gasteiger partial charge in [-0.1, -0.05) is 11.6 Å². The highest BCUT2D eigenvalue weighted by atomic mass is 35.5. The van der Waals surface area contributed by atoms with E-state index in [0.717, 1.165) is 12.8 Å². The number of hydrogen-bond donors (Lipinski definition) is 0. The highest BCUT2D eigenvalue weighted by Crippen LogP contribution is 2.44. The molecule has 2 fully saturated rings. The third-order valence-corrected chi connectivity index (χ3v) is 3.68. The van der Waals surface area contributed by atoms with E-state index in [9.17, 15) is 4.79 Å². The lowest BCUT2D eigenvalue weighted by atomic mass is 9.97. The number of halogens is 2. The molecule has 0 aromatic carbocycles. The molecule has 0 N–H and O–H groups in total. The van der Waals surface area contributed by atoms with Crippen LogP contribution in [0.4, 0.5) is 0 Å². The molecule has 1 unspecified atom stereocenters. The van der Waals surface area contributed by atoms with Crippen LogP contribution in [-0.4, -0.2) is 18.0 Å². The van der Waals surface area contributed by atoms with Crippen LogP contribution in [0.3, 0.4) is 0 Å². The van der Waals surface area contributed by atoms with Gasteiger partial charge in [-0.05, 0) is 25.7 Å². The third-order valence-electron chi connectivity index (χ3n) is 3.04. The standard InChI is InChI=1S/C10H12Cl2O2/c1-5(12)9-7-2-6(4-11)3-8(7)14-10(9)13/h6-8H,2-4H2,1H3/b9-5-/t6?,7-,8+/m0/s1. The first kappa shape index (κ1) is 10.3. The summed E-state index contributed by atoms with van der Waals surface area (Å²) in [6.07, 6.45) is 1.84. The summed E-state index contributed by atoms with van der Waals surface area (Å²) in [4.78, 5) is 11.4. The molecule has 14 heavy (non-hydrogen) atoms. The average molecular weight is 235 g/mol. The van der Waals surface area contributed by atoms with Crippen molar-refractivity contribution in [1.82, 2.24) is 0 Å². The second-order valence-electron chi connectivity index (χ2n) is 3.99. The Labute approximate surface area is 93.2 Å². The minimum absolute atomic E-state index is 0.0231. The van der Waals surface area contributed by atoms with Crippen molar-refractivity contribution in [3.63, 3.8) is 0 Å². The number of alkyl halides is 1. The molecule has 1 saturated heterocycles. The summed E-state index contributed by atoms with van der Waals surface area (Å²) in [6.45, 7) is 1.74. The van der Waals surface area contributed by atoms with Gasteiger partial charge in [0.2, 0.25) is 0 Å². The lowest BCUT2D eigenvalue weighted by Crippen LogP contribution is -2.08. The fourth-order valence-electron chi connectivity index (χ4n) is 2.41. The lowest BCUT2D eigenvalue weighted by molar-refractivity contribution is -0.139. The van der Waals surface area contributed by atoms with Crippen LogP contribution < -0.4 is 0 Å². The van der Waals surface area contributed by atoms with Crippen molar-refractivity contribution in [2.75, 3.05) is 5.88 Å². The van der Waals surface area contributed by atoms with E-state index in [1.807, 2.05) is 0 Å². The van der Waals surface area contributed by atoms with E-state index in [1.165, 1.54) is 0 Å². The van der Waals surface area contributed by atoms with E-state index in [0.29, 0.717) is 22.4 Å². The zero-order valence-electron chi connectivity index (χ0n) is 7.93. The van der Waals surface area contributed by atoms with Crippen molar-refractivity contribution >= 4 is 29.2 Å². The first-order chi connectivity index (χ1) is 6.63. The van der Waals surface area contributed by atoms with Crippen molar-refractivity contribution in [1.29, 1.82) is 0 Å². The van der Waals surface area contributed by atoms with E-state index < -0.39 is 0 Å². The maximum atomic E-state index is 11.4. The van der Waals surface area contributed by atoms with Crippen LogP contribution in [-0.2, 0) is 9.53 Å². The molecule has 1 aliphatic heterocycles. The Kier molecular flexibility index (Phi) is 2.76. The van der Waals surface area contributed by atoms with Crippen molar-refractivity contribution in [2.24, 2.45) is 11.8 Å². The Morgan fingerprint density at radius 2 is 2.29 bits per heavy atom. The Balaban J connectivity index is 2.22. The van der Waals surface area contributed by atoms with Gasteiger partial charge in [0.05, 0.1) is 5.57 Å². The van der Waals surface area contributed by atoms with Gasteiger partial charge < -0.3 is 4.74 Å². The molecule has 2 nitrogen and oxygen atoms in total. The molecular weight excluding hydrogens is 223 g/mol. The van der Waals surface area contributed by atoms with Crippen LogP contribution in [0, 0.1) is 11.8 Å². The molecule has 78 valence electrons. The Morgan fingerprint density at radius 3 is 2.86 bits per heavy atom. The highest BCUT2D eigenvalue weighted by Gasteiger charge is 2.47. The largest absolute Gasteiger partial charge is 0.458 e. The minimum Gasteiger partial charge on any atom is -0.458 e. The molecule has 0 aromatic rings. The van der Waals surface area contributed by atoms with Gasteiger partial charge in [0.15, 0.2) is 0 Å². The monoisotopic (exact) mass is 234 g/mol. The summed E-state index contributed by atoms with van der Waals surface area (Å²) in [5.41, 5.74) is 0.671. The molecule has 0 bridgehead atoms. The van der Waals surface area contributed by atoms with Gasteiger partial charge in [-0.2, -0.15) is 0 Å². The normalized spacial score (nSPS) is 39.6. The number of rotatable bonds is 1. The maximum absolute atomic E-state index is 11.4. The molecule has 0 aromatic heterocycles. The Morgan fingerprint density at radius 1 is 1.57 bits per heavy atom. The van der Waals surface area contributed by atoms with E-state index >= 15 is 0 Å². The molecule has 4 heteroatoms. The van der Waals surface area contributed by atoms with E-state index in [4.69, 9.17) is 27.9 Å². The molecule has 2 aliphatic rings. The fraction of sp³-hybridized carbons (Fsp3) is 0.700. The van der Waals surface area contributed by atoms with Crippen LogP contribution >= 0.6 is 23.2 Å². The fourth-order valence-corrected chi connectivity index (χ4v) is 2.88. The van der Waals surface area contributed by atoms with Crippen LogP contribution in [0.15, 0.2) is 10.6 Å². The number of ether oxygens (including phenoxy) is 1. The average Bonchev–Trinajstić information content (AvgIpc) is 2.58. The van der Waals surface area contributed by atoms with Crippen LogP contribution in [0.2, 0.25) is 0 Å². The molecule has 1 heterocycles. The van der Waals surface area contributed by atoms with Gasteiger partial charge in [-0.3, -0.25) is 0 Å². The number of fused-ring (bicyclic) bond motifs is 1. The predicted molar refractivity (Wildman–Crippen MR) is 55.4 cm³/mol. The molecule has 0 radical (unpaired) electrons. The van der Waals surface area contributed by atoms with E-state index in [2.05, 4.69) is 0 Å². The van der Waals surface area contributed by atoms with Crippen molar-refractivity contribution < 1.29 is 9.53 Å². The number of carbonyl (C=O) groups excluding carboxylic acids is 1. The summed E-state index contributed by atoms with van der Waals surface area (Å²) < 4.78 is 5.25. The molecule has 1 aliphatic carbocycles. The van der Waals surface area contributed by atoms with Crippen molar-refractivity contribution in [3.05, 3.63) is 10.6 Å². The SMILES string of the molecule is C/C(Cl)=C1/C(=O)O[C@@H]2CC(CCl)C[C@H]12. The van der Waals surface area contributed by atoms with Gasteiger partial charge >= 0.3 is 5.97 Å². The van der Waals surface area contributed by atoms with Gasteiger partial charge in [0.1, 0.15) is 6.10 Å². The second kappa shape index (κ2) is 3.74. The zero-order valence-corrected chi connectivity index (χ0v) is 9.44. The van der Waals surface area contributed by atoms with Crippen LogP contribution in [0.25, 0.3) is 0 Å². The smallest absolute Gasteiger partial charge is 0.335 e. The highest BCUT2D eigenvalue weighted by molar-refractivity contribution is 6.31. The van der Waals surface area contributed by atoms with Gasteiger partial charge in [0, 0.05) is 16.8 Å². The Hall–Kier alpha value is -0.210. The molecule has 2 rings (SSSR count). The lowest BCUT2D eigenvalue weighted by Gasteiger charge is -2.06. The summed E-state index contributed by atoms with van der Waals surface area (Å²) in [5.74, 6) is 1.05. The summed E-state index contributed by atoms with van der Waals surface area (Å²) >= 11 is 11.7. The first-order valence-corrected chi connectivity index (χ1v) is 5.68. The summed E-state index contributed by atoms with van der Waals surface area (Å²) in [7, 11) is 0. The second-order valence-corrected chi connectivity index (χ2v) is 4.86. The van der Waals surface area contributed by atoms with E-state index in [-0.39, 0.29) is 18.0 Å². The molecule has 0 spiro atoms. The first-order valence-electron chi connectivity index (χ1n) is 4.76. The van der Waals surface area contributed by atoms with Crippen LogP contribution in [0.1, 0.15) is 19.8 Å². The molecular formula is C10H12Cl2O2. The number of allylic oxidation sites excluding steroid dienone is 1. The van der Waals surface area contributed by atoms with E-state index in [1.54, 1.807) is 6.92 Å². The van der Waals surface area contributed by atoms with Crippen LogP contribution in [0.5, 0.6) is 0 Å². The van der Waals surface area contributed by atoms with Gasteiger partial charge in [-0.25, -0.2) is 4.79 Å². The quantitative estimate of drug-likeness (QED) is 0.396. The number of carbonyl (C=O) groups is 1. The van der Waals surface area contributed by atoms with Gasteiger partial charge in [-0.15, -0.1) is 11.6 Å². The zero-order chi connectivity index (χ0) is 10.3. The Bertz CT molecular complexity index is 294. The van der Waals surface area contributed by atoms with Gasteiger partial charge in [0.25, 0.3) is 0 Å². The molecule has 1 saturated carbocycles. The summed E-state index contributed by atoms with van der Waals surface area (Å²) in [5, 5.41) is 0.567. The predicted octanol–water partition coefficient (Wildman–Crippen LogP) is 2.69. The van der Waals surface area contributed by atoms with Crippen molar-refractivity contribution in [3.8, 4) is 0 Å². The third kappa shape index (κ3) is 1.55. The number of hydrogen-bond acceptors (Lipinski definition) is 2. The summed E-state index contributed by atoms with van der Waals surface area (Å²) in [6, 6.07) is 0. The minimum atomic E-state index is -0.236. The molecule has 3 atom stereocenters. The number of esters is 1. The topological polar surface area (TPSA) is 26.3 Å². The van der Waals surface area contributed by atoms with Crippen molar-refractivity contribution in [2.45, 2.75) is 25.9 Å².